The molecule has 1 fully saturated rings. The van der Waals surface area contributed by atoms with E-state index in [1.54, 1.807) is 0 Å². The van der Waals surface area contributed by atoms with Gasteiger partial charge in [0.05, 0.1) is 11.6 Å². The molecule has 2 rings (SSSR count). The van der Waals surface area contributed by atoms with Gasteiger partial charge < -0.3 is 10.1 Å². The summed E-state index contributed by atoms with van der Waals surface area (Å²) >= 11 is 5.82. The van der Waals surface area contributed by atoms with Crippen LogP contribution < -0.4 is 5.32 Å². The van der Waals surface area contributed by atoms with E-state index < -0.39 is 35.8 Å². The van der Waals surface area contributed by atoms with E-state index in [1.807, 2.05) is 0 Å². The molecule has 0 bridgehead atoms. The minimum Gasteiger partial charge on any atom is -0.452 e. The maximum atomic E-state index is 12.7. The number of ether oxygens (including phenoxy) is 1. The third-order valence-corrected chi connectivity index (χ3v) is 4.46. The molecule has 1 aromatic rings. The van der Waals surface area contributed by atoms with Gasteiger partial charge in [0.15, 0.2) is 6.61 Å². The molecule has 1 aliphatic rings. The van der Waals surface area contributed by atoms with Gasteiger partial charge in [-0.05, 0) is 55.5 Å². The molecule has 0 spiro atoms. The minimum absolute atomic E-state index is 0.0118. The molecule has 0 saturated heterocycles. The molecular formula is C18H16ClF3N2O3. The predicted octanol–water partition coefficient (Wildman–Crippen LogP) is 3.87. The third kappa shape index (κ3) is 5.73. The number of nitriles is 1. The van der Waals surface area contributed by atoms with Crippen LogP contribution in [0.5, 0.6) is 0 Å². The van der Waals surface area contributed by atoms with E-state index in [2.05, 4.69) is 11.4 Å². The number of hydrogen-bond acceptors (Lipinski definition) is 4. The first kappa shape index (κ1) is 20.8. The van der Waals surface area contributed by atoms with E-state index in [9.17, 15) is 28.0 Å². The van der Waals surface area contributed by atoms with Crippen molar-refractivity contribution in [2.45, 2.75) is 37.4 Å². The molecule has 0 unspecified atom stereocenters. The maximum absolute atomic E-state index is 12.7. The van der Waals surface area contributed by atoms with Crippen LogP contribution in [0, 0.1) is 11.3 Å². The molecule has 0 atom stereocenters. The molecular weight excluding hydrogens is 385 g/mol. The van der Waals surface area contributed by atoms with Gasteiger partial charge in [0.25, 0.3) is 5.91 Å². The van der Waals surface area contributed by atoms with Gasteiger partial charge in [0, 0.05) is 11.1 Å². The van der Waals surface area contributed by atoms with Gasteiger partial charge in [-0.15, -0.1) is 0 Å². The number of alkyl halides is 3. The lowest BCUT2D eigenvalue weighted by Crippen LogP contribution is -2.46. The summed E-state index contributed by atoms with van der Waals surface area (Å²) in [4.78, 5) is 23.5. The third-order valence-electron chi connectivity index (χ3n) is 4.12. The van der Waals surface area contributed by atoms with E-state index in [0.29, 0.717) is 12.8 Å². The number of amides is 1. The zero-order valence-electron chi connectivity index (χ0n) is 14.1. The smallest absolute Gasteiger partial charge is 0.416 e. The fraction of sp³-hybridized carbons (Fsp3) is 0.389. The molecule has 9 heteroatoms. The van der Waals surface area contributed by atoms with Crippen LogP contribution in [-0.4, -0.2) is 24.0 Å². The first-order chi connectivity index (χ1) is 12.6. The topological polar surface area (TPSA) is 79.2 Å². The lowest BCUT2D eigenvalue weighted by Gasteiger charge is -2.21. The lowest BCUT2D eigenvalue weighted by molar-refractivity contribution is -0.144. The van der Waals surface area contributed by atoms with Gasteiger partial charge in [-0.3, -0.25) is 4.79 Å². The van der Waals surface area contributed by atoms with E-state index >= 15 is 0 Å². The first-order valence-electron chi connectivity index (χ1n) is 8.09. The Morgan fingerprint density at radius 1 is 1.33 bits per heavy atom. The first-order valence-corrected chi connectivity index (χ1v) is 8.47. The van der Waals surface area contributed by atoms with Crippen LogP contribution in [0.15, 0.2) is 24.3 Å². The largest absolute Gasteiger partial charge is 0.452 e. The molecule has 0 radical (unpaired) electrons. The number of carbonyl (C=O) groups is 2. The minimum atomic E-state index is -4.54. The summed E-state index contributed by atoms with van der Waals surface area (Å²) < 4.78 is 42.9. The van der Waals surface area contributed by atoms with Crippen LogP contribution >= 0.6 is 11.6 Å². The normalized spacial score (nSPS) is 16.1. The Labute approximate surface area is 158 Å². The predicted molar refractivity (Wildman–Crippen MR) is 91.4 cm³/mol. The van der Waals surface area contributed by atoms with Crippen LogP contribution in [0.25, 0.3) is 6.08 Å². The average molecular weight is 401 g/mol. The highest BCUT2D eigenvalue weighted by molar-refractivity contribution is 6.32. The SMILES string of the molecule is N#CC1(NC(=O)COC(=O)/C=C/c2cc(C(F)(F)F)ccc2Cl)CCCC1. The molecule has 1 N–H and O–H groups in total. The van der Waals surface area contributed by atoms with E-state index in [0.717, 1.165) is 43.2 Å². The Balaban J connectivity index is 1.92. The Hall–Kier alpha value is -2.53. The van der Waals surface area contributed by atoms with Crippen LogP contribution in [0.2, 0.25) is 5.02 Å². The fourth-order valence-electron chi connectivity index (χ4n) is 2.74. The Morgan fingerprint density at radius 2 is 2.00 bits per heavy atom. The second kappa shape index (κ2) is 8.44. The van der Waals surface area contributed by atoms with Crippen molar-refractivity contribution in [1.29, 1.82) is 5.26 Å². The summed E-state index contributed by atoms with van der Waals surface area (Å²) in [7, 11) is 0. The molecule has 0 aromatic heterocycles. The van der Waals surface area contributed by atoms with Crippen molar-refractivity contribution in [2.24, 2.45) is 0 Å². The number of carbonyl (C=O) groups excluding carboxylic acids is 2. The number of nitrogens with one attached hydrogen (secondary N) is 1. The van der Waals surface area contributed by atoms with Gasteiger partial charge in [-0.25, -0.2) is 4.79 Å². The number of rotatable bonds is 5. The second-order valence-electron chi connectivity index (χ2n) is 6.12. The van der Waals surface area contributed by atoms with Gasteiger partial charge in [0.1, 0.15) is 5.54 Å². The van der Waals surface area contributed by atoms with Crippen LogP contribution in [0.3, 0.4) is 0 Å². The summed E-state index contributed by atoms with van der Waals surface area (Å²) in [6.45, 7) is -0.594. The summed E-state index contributed by atoms with van der Waals surface area (Å²) in [5, 5.41) is 11.8. The number of halogens is 4. The molecule has 27 heavy (non-hydrogen) atoms. The van der Waals surface area contributed by atoms with Crippen molar-refractivity contribution in [3.63, 3.8) is 0 Å². The number of esters is 1. The Kier molecular flexibility index (Phi) is 6.50. The van der Waals surface area contributed by atoms with Crippen molar-refractivity contribution in [3.05, 3.63) is 40.4 Å². The Morgan fingerprint density at radius 3 is 2.59 bits per heavy atom. The molecule has 1 aromatic carbocycles. The summed E-state index contributed by atoms with van der Waals surface area (Å²) in [5.74, 6) is -1.53. The average Bonchev–Trinajstić information content (AvgIpc) is 3.07. The number of hydrogen-bond donors (Lipinski definition) is 1. The summed E-state index contributed by atoms with van der Waals surface area (Å²) in [6.07, 6.45) is 0.148. The highest BCUT2D eigenvalue weighted by Gasteiger charge is 2.35. The number of nitrogens with zero attached hydrogens (tertiary/aromatic N) is 1. The van der Waals surface area contributed by atoms with Crippen molar-refractivity contribution in [3.8, 4) is 6.07 Å². The Bertz CT molecular complexity index is 794. The lowest BCUT2D eigenvalue weighted by atomic mass is 10.00. The van der Waals surface area contributed by atoms with Gasteiger partial charge >= 0.3 is 12.1 Å². The maximum Gasteiger partial charge on any atom is 0.416 e. The second-order valence-corrected chi connectivity index (χ2v) is 6.53. The van der Waals surface area contributed by atoms with Crippen molar-refractivity contribution in [2.75, 3.05) is 6.61 Å². The summed E-state index contributed by atoms with van der Waals surface area (Å²) in [6, 6.07) is 4.78. The monoisotopic (exact) mass is 400 g/mol. The van der Waals surface area contributed by atoms with Crippen LogP contribution in [0.4, 0.5) is 13.2 Å². The summed E-state index contributed by atoms with van der Waals surface area (Å²) in [5.41, 5.74) is -1.84. The van der Waals surface area contributed by atoms with Gasteiger partial charge in [-0.2, -0.15) is 18.4 Å². The molecule has 1 aliphatic carbocycles. The highest BCUT2D eigenvalue weighted by Crippen LogP contribution is 2.32. The van der Waals surface area contributed by atoms with E-state index in [4.69, 9.17) is 16.3 Å². The molecule has 0 aliphatic heterocycles. The van der Waals surface area contributed by atoms with Crippen molar-refractivity contribution < 1.29 is 27.5 Å². The highest BCUT2D eigenvalue weighted by atomic mass is 35.5. The standard InChI is InChI=1S/C18H16ClF3N2O3/c19-14-5-4-13(18(20,21)22)9-12(14)3-6-16(26)27-10-15(25)24-17(11-23)7-1-2-8-17/h3-6,9H,1-2,7-8,10H2,(H,24,25)/b6-3+. The van der Waals surface area contributed by atoms with Crippen molar-refractivity contribution >= 4 is 29.6 Å². The zero-order valence-corrected chi connectivity index (χ0v) is 14.9. The van der Waals surface area contributed by atoms with Crippen LogP contribution in [0.1, 0.15) is 36.8 Å². The molecule has 144 valence electrons. The van der Waals surface area contributed by atoms with E-state index in [1.165, 1.54) is 0 Å². The molecule has 1 saturated carbocycles. The van der Waals surface area contributed by atoms with Crippen molar-refractivity contribution in [1.82, 2.24) is 5.32 Å². The quantitative estimate of drug-likeness (QED) is 0.601. The molecule has 0 heterocycles. The fourth-order valence-corrected chi connectivity index (χ4v) is 2.92. The number of benzene rings is 1. The van der Waals surface area contributed by atoms with E-state index in [-0.39, 0.29) is 10.6 Å². The van der Waals surface area contributed by atoms with Gasteiger partial charge in [-0.1, -0.05) is 11.6 Å². The van der Waals surface area contributed by atoms with Gasteiger partial charge in [0.2, 0.25) is 0 Å². The zero-order chi connectivity index (χ0) is 20.1. The molecule has 5 nitrogen and oxygen atoms in total. The molecule has 1 amide bonds. The van der Waals surface area contributed by atoms with Crippen LogP contribution in [-0.2, 0) is 20.5 Å².